The summed E-state index contributed by atoms with van der Waals surface area (Å²) in [5.74, 6) is 0.488. The summed E-state index contributed by atoms with van der Waals surface area (Å²) in [5.41, 5.74) is 0.996. The van der Waals surface area contributed by atoms with E-state index in [9.17, 15) is 9.18 Å². The number of hydrogen-bond donors (Lipinski definition) is 1. The minimum atomic E-state index is -0.253. The second kappa shape index (κ2) is 8.70. The van der Waals surface area contributed by atoms with Crippen molar-refractivity contribution in [1.29, 1.82) is 0 Å². The fourth-order valence-electron chi connectivity index (χ4n) is 1.66. The number of rotatable bonds is 7. The largest absolute Gasteiger partial charge is 0.300 e. The Morgan fingerprint density at radius 3 is 2.52 bits per heavy atom. The van der Waals surface area contributed by atoms with Crippen LogP contribution in [-0.2, 0) is 10.5 Å². The van der Waals surface area contributed by atoms with E-state index in [1.807, 2.05) is 6.92 Å². The van der Waals surface area contributed by atoms with Crippen molar-refractivity contribution in [3.63, 3.8) is 0 Å². The molecule has 11 heteroatoms. The molecule has 0 saturated heterocycles. The van der Waals surface area contributed by atoms with Crippen LogP contribution in [0, 0.1) is 12.7 Å². The van der Waals surface area contributed by atoms with E-state index in [0.29, 0.717) is 10.9 Å². The lowest BCUT2D eigenvalue weighted by atomic mass is 10.2. The van der Waals surface area contributed by atoms with Crippen LogP contribution in [0.4, 0.5) is 9.52 Å². The molecule has 0 aliphatic carbocycles. The molecule has 130 valence electrons. The van der Waals surface area contributed by atoms with Crippen molar-refractivity contribution in [1.82, 2.24) is 20.4 Å². The quantitative estimate of drug-likeness (QED) is 0.465. The molecule has 0 radical (unpaired) electrons. The van der Waals surface area contributed by atoms with Gasteiger partial charge in [0.15, 0.2) is 8.68 Å². The molecule has 0 aliphatic heterocycles. The fraction of sp³-hybridized carbons (Fsp3) is 0.214. The molecule has 1 N–H and O–H groups in total. The molecule has 0 unspecified atom stereocenters. The number of nitrogens with one attached hydrogen (secondary N) is 1. The van der Waals surface area contributed by atoms with E-state index in [1.165, 1.54) is 58.3 Å². The average molecular weight is 414 g/mol. The minimum Gasteiger partial charge on any atom is -0.300 e. The molecular formula is C14H12FN5OS4. The van der Waals surface area contributed by atoms with Crippen LogP contribution in [0.2, 0.25) is 0 Å². The first-order valence-electron chi connectivity index (χ1n) is 7.02. The second-order valence-electron chi connectivity index (χ2n) is 4.71. The van der Waals surface area contributed by atoms with Gasteiger partial charge in [0.1, 0.15) is 10.8 Å². The standard InChI is InChI=1S/C14H12FN5OS4/c1-8-17-19-13(24-8)23-7-11(21)16-12-18-20-14(25-12)22-6-9-2-4-10(15)5-3-9/h2-5H,6-7H2,1H3,(H,16,18,21). The number of aryl methyl sites for hydroxylation is 1. The number of aromatic nitrogens is 4. The lowest BCUT2D eigenvalue weighted by molar-refractivity contribution is -0.113. The van der Waals surface area contributed by atoms with Crippen molar-refractivity contribution in [2.24, 2.45) is 0 Å². The molecule has 0 atom stereocenters. The van der Waals surface area contributed by atoms with Crippen molar-refractivity contribution >= 4 is 57.2 Å². The highest BCUT2D eigenvalue weighted by Crippen LogP contribution is 2.28. The summed E-state index contributed by atoms with van der Waals surface area (Å²) in [4.78, 5) is 11.9. The van der Waals surface area contributed by atoms with Crippen LogP contribution in [-0.4, -0.2) is 32.1 Å². The first-order valence-corrected chi connectivity index (χ1v) is 10.6. The van der Waals surface area contributed by atoms with E-state index >= 15 is 0 Å². The molecule has 0 fully saturated rings. The van der Waals surface area contributed by atoms with Gasteiger partial charge in [-0.3, -0.25) is 10.1 Å². The molecule has 0 bridgehead atoms. The first kappa shape index (κ1) is 18.2. The van der Waals surface area contributed by atoms with E-state index in [-0.39, 0.29) is 17.5 Å². The lowest BCUT2D eigenvalue weighted by Gasteiger charge is -1.99. The number of carbonyl (C=O) groups excluding carboxylic acids is 1. The third kappa shape index (κ3) is 5.73. The SMILES string of the molecule is Cc1nnc(SCC(=O)Nc2nnc(SCc3ccc(F)cc3)s2)s1. The Morgan fingerprint density at radius 1 is 1.08 bits per heavy atom. The molecule has 2 aromatic heterocycles. The van der Waals surface area contributed by atoms with E-state index in [0.717, 1.165) is 19.3 Å². The van der Waals surface area contributed by atoms with Gasteiger partial charge in [-0.15, -0.1) is 20.4 Å². The summed E-state index contributed by atoms with van der Waals surface area (Å²) in [6.45, 7) is 1.87. The van der Waals surface area contributed by atoms with Crippen LogP contribution in [0.15, 0.2) is 32.9 Å². The topological polar surface area (TPSA) is 80.7 Å². The van der Waals surface area contributed by atoms with Crippen LogP contribution < -0.4 is 5.32 Å². The third-order valence-electron chi connectivity index (χ3n) is 2.76. The maximum absolute atomic E-state index is 12.9. The summed E-state index contributed by atoms with van der Waals surface area (Å²) in [6.07, 6.45) is 0. The molecule has 25 heavy (non-hydrogen) atoms. The number of hydrogen-bond acceptors (Lipinski definition) is 9. The summed E-state index contributed by atoms with van der Waals surface area (Å²) in [5, 5.41) is 19.9. The molecular weight excluding hydrogens is 401 g/mol. The van der Waals surface area contributed by atoms with Gasteiger partial charge in [0.25, 0.3) is 0 Å². The van der Waals surface area contributed by atoms with Gasteiger partial charge in [-0.1, -0.05) is 58.3 Å². The van der Waals surface area contributed by atoms with Crippen LogP contribution in [0.1, 0.15) is 10.6 Å². The first-order chi connectivity index (χ1) is 12.1. The van der Waals surface area contributed by atoms with Gasteiger partial charge in [-0.25, -0.2) is 4.39 Å². The number of carbonyl (C=O) groups is 1. The zero-order valence-corrected chi connectivity index (χ0v) is 16.2. The zero-order valence-electron chi connectivity index (χ0n) is 12.9. The maximum atomic E-state index is 12.9. The third-order valence-corrected chi connectivity index (χ3v) is 6.78. The van der Waals surface area contributed by atoms with Crippen LogP contribution >= 0.6 is 46.2 Å². The van der Waals surface area contributed by atoms with Crippen molar-refractivity contribution in [3.05, 3.63) is 40.7 Å². The van der Waals surface area contributed by atoms with E-state index < -0.39 is 0 Å². The summed E-state index contributed by atoms with van der Waals surface area (Å²) in [7, 11) is 0. The van der Waals surface area contributed by atoms with Gasteiger partial charge in [-0.05, 0) is 24.6 Å². The molecule has 1 aromatic carbocycles. The minimum absolute atomic E-state index is 0.163. The lowest BCUT2D eigenvalue weighted by Crippen LogP contribution is -2.13. The van der Waals surface area contributed by atoms with Crippen LogP contribution in [0.3, 0.4) is 0 Å². The highest BCUT2D eigenvalue weighted by molar-refractivity contribution is 8.01. The predicted molar refractivity (Wildman–Crippen MR) is 99.9 cm³/mol. The van der Waals surface area contributed by atoms with Gasteiger partial charge in [0, 0.05) is 5.75 Å². The zero-order chi connectivity index (χ0) is 17.6. The number of halogens is 1. The Labute approximate surface area is 159 Å². The Kier molecular flexibility index (Phi) is 6.34. The van der Waals surface area contributed by atoms with E-state index in [4.69, 9.17) is 0 Å². The van der Waals surface area contributed by atoms with E-state index in [1.54, 1.807) is 12.1 Å². The van der Waals surface area contributed by atoms with Crippen LogP contribution in [0.25, 0.3) is 0 Å². The Balaban J connectivity index is 1.45. The fourth-order valence-corrected chi connectivity index (χ4v) is 5.00. The highest BCUT2D eigenvalue weighted by Gasteiger charge is 2.11. The second-order valence-corrected chi connectivity index (χ2v) is 9.32. The van der Waals surface area contributed by atoms with Gasteiger partial charge >= 0.3 is 0 Å². The monoisotopic (exact) mass is 413 g/mol. The Morgan fingerprint density at radius 2 is 1.80 bits per heavy atom. The van der Waals surface area contributed by atoms with Crippen molar-refractivity contribution in [2.45, 2.75) is 21.4 Å². The number of anilines is 1. The molecule has 0 saturated carbocycles. The maximum Gasteiger partial charge on any atom is 0.236 e. The molecule has 6 nitrogen and oxygen atoms in total. The summed E-state index contributed by atoms with van der Waals surface area (Å²) >= 11 is 5.59. The van der Waals surface area contributed by atoms with Crippen LogP contribution in [0.5, 0.6) is 0 Å². The molecule has 2 heterocycles. The number of nitrogens with zero attached hydrogens (tertiary/aromatic N) is 4. The van der Waals surface area contributed by atoms with Crippen molar-refractivity contribution < 1.29 is 9.18 Å². The molecule has 0 spiro atoms. The van der Waals surface area contributed by atoms with Crippen molar-refractivity contribution in [2.75, 3.05) is 11.1 Å². The van der Waals surface area contributed by atoms with Gasteiger partial charge in [0.05, 0.1) is 5.75 Å². The van der Waals surface area contributed by atoms with Gasteiger partial charge < -0.3 is 0 Å². The smallest absolute Gasteiger partial charge is 0.236 e. The summed E-state index contributed by atoms with van der Waals surface area (Å²) < 4.78 is 14.4. The summed E-state index contributed by atoms with van der Waals surface area (Å²) in [6, 6.07) is 6.33. The normalized spacial score (nSPS) is 10.8. The molecule has 0 aliphatic rings. The predicted octanol–water partition coefficient (Wildman–Crippen LogP) is 3.86. The van der Waals surface area contributed by atoms with E-state index in [2.05, 4.69) is 25.7 Å². The number of benzene rings is 1. The van der Waals surface area contributed by atoms with Gasteiger partial charge in [-0.2, -0.15) is 0 Å². The number of thioether (sulfide) groups is 2. The van der Waals surface area contributed by atoms with Crippen molar-refractivity contribution in [3.8, 4) is 0 Å². The Hall–Kier alpha value is -1.56. The molecule has 3 aromatic rings. The highest BCUT2D eigenvalue weighted by atomic mass is 32.2. The molecule has 3 rings (SSSR count). The van der Waals surface area contributed by atoms with Gasteiger partial charge in [0.2, 0.25) is 11.0 Å². The Bertz CT molecular complexity index is 851. The number of amides is 1. The average Bonchev–Trinajstić information content (AvgIpc) is 3.21. The molecule has 1 amide bonds.